The highest BCUT2D eigenvalue weighted by atomic mass is 31.2. The second kappa shape index (κ2) is 32.5. The van der Waals surface area contributed by atoms with E-state index in [1.165, 1.54) is 119 Å². The van der Waals surface area contributed by atoms with Crippen LogP contribution in [0, 0.1) is 6.92 Å². The average Bonchev–Trinajstić information content (AvgIpc) is 4.02. The molecule has 1 aliphatic heterocycles. The third-order valence-corrected chi connectivity index (χ3v) is 16.1. The number of esters is 2. The van der Waals surface area contributed by atoms with Crippen molar-refractivity contribution in [1.29, 1.82) is 0 Å². The minimum Gasteiger partial charge on any atom is -0.494 e. The number of ether oxygens (including phenoxy) is 3. The molecule has 2 aliphatic rings. The molecule has 1 aliphatic carbocycles. The van der Waals surface area contributed by atoms with Gasteiger partial charge in [-0.3, -0.25) is 28.6 Å². The number of aromatic amines is 2. The lowest BCUT2D eigenvalue weighted by molar-refractivity contribution is -0.870. The summed E-state index contributed by atoms with van der Waals surface area (Å²) < 4.78 is 41.2. The van der Waals surface area contributed by atoms with Crippen molar-refractivity contribution in [3.63, 3.8) is 0 Å². The van der Waals surface area contributed by atoms with Gasteiger partial charge < -0.3 is 33.6 Å². The molecule has 5 rings (SSSR count). The Morgan fingerprint density at radius 3 is 1.90 bits per heavy atom. The summed E-state index contributed by atoms with van der Waals surface area (Å²) in [5, 5.41) is 0. The molecule has 0 saturated carbocycles. The molecule has 0 amide bonds. The predicted molar refractivity (Wildman–Crippen MR) is 313 cm³/mol. The van der Waals surface area contributed by atoms with E-state index in [1.54, 1.807) is 0 Å². The average molecular weight is 1090 g/mol. The number of aliphatic imine (C=N–C) groups is 2. The first-order valence-corrected chi connectivity index (χ1v) is 30.9. The highest BCUT2D eigenvalue weighted by Crippen LogP contribution is 2.43. The molecule has 0 saturated heterocycles. The molecule has 3 N–H and O–H groups in total. The Morgan fingerprint density at radius 1 is 0.662 bits per heavy atom. The van der Waals surface area contributed by atoms with E-state index in [4.69, 9.17) is 33.2 Å². The Labute approximate surface area is 462 Å². The van der Waals surface area contributed by atoms with Gasteiger partial charge in [-0.1, -0.05) is 117 Å². The molecule has 3 heterocycles. The lowest BCUT2D eigenvalue weighted by Crippen LogP contribution is -2.37. The number of carbonyl (C=O) groups is 2. The maximum atomic E-state index is 13.2. The number of phosphoric ester groups is 1. The van der Waals surface area contributed by atoms with Gasteiger partial charge in [-0.25, -0.2) is 4.57 Å². The SMILES string of the molecule is CCCCCCCCCCCCCCCC(=O)OCC(COP(=O)(O)OCC[N+](C)(C)C)OC(=O)CCCCOc1ccc2c(c1)N=CC1=C(C)C(CC)=C(C1)Cc1[nH]c(c(CC)c1CC)Cc1[nH]c(c(C)c1CC)C=N2. The molecule has 77 heavy (non-hydrogen) atoms. The maximum absolute atomic E-state index is 13.2. The van der Waals surface area contributed by atoms with Crippen LogP contribution in [0.1, 0.15) is 209 Å². The summed E-state index contributed by atoms with van der Waals surface area (Å²) in [6.45, 7) is 15.7. The molecule has 428 valence electrons. The van der Waals surface area contributed by atoms with Crippen molar-refractivity contribution in [3.05, 3.63) is 85.5 Å². The summed E-state index contributed by atoms with van der Waals surface area (Å²) in [7, 11) is 1.35. The van der Waals surface area contributed by atoms with Crippen LogP contribution in [0.4, 0.5) is 11.4 Å². The molecule has 6 bridgehead atoms. The van der Waals surface area contributed by atoms with Crippen molar-refractivity contribution in [1.82, 2.24) is 9.97 Å². The van der Waals surface area contributed by atoms with Crippen LogP contribution in [0.15, 0.2) is 50.5 Å². The number of hydrogen-bond donors (Lipinski definition) is 3. The molecular weight excluding hydrogens is 990 g/mol. The number of nitrogens with one attached hydrogen (secondary N) is 2. The number of rotatable bonds is 34. The van der Waals surface area contributed by atoms with Crippen LogP contribution in [0.5, 0.6) is 5.75 Å². The fourth-order valence-electron chi connectivity index (χ4n) is 10.7. The number of unbranched alkanes of at least 4 members (excludes halogenated alkanes) is 13. The van der Waals surface area contributed by atoms with E-state index in [9.17, 15) is 19.0 Å². The van der Waals surface area contributed by atoms with Crippen molar-refractivity contribution in [2.24, 2.45) is 9.98 Å². The van der Waals surface area contributed by atoms with E-state index in [0.717, 1.165) is 75.6 Å². The summed E-state index contributed by atoms with van der Waals surface area (Å²) in [5.41, 5.74) is 17.0. The van der Waals surface area contributed by atoms with E-state index in [0.29, 0.717) is 48.3 Å². The second-order valence-electron chi connectivity index (χ2n) is 22.2. The normalized spacial score (nSPS) is 14.9. The van der Waals surface area contributed by atoms with Gasteiger partial charge in [-0.2, -0.15) is 0 Å². The van der Waals surface area contributed by atoms with Crippen LogP contribution in [0.25, 0.3) is 0 Å². The standard InChI is InChI=1S/C62H96N5O9P/c1-11-16-17-18-19-20-21-22-23-24-25-26-27-30-61(68)73-43-50(44-75-77(70,71)74-36-34-67(8,9)10)76-62(69)31-28-29-35-72-49-32-33-55-59(39-49)63-41-48-37-47(51(12-2)45(48)6)38-56-53(14-4)54(15-5)58(65-56)40-57-52(13-3)46(7)60(66-57)42-64-55/h32-33,39,41-42,50,65H,11-31,34-38,40,43-44H2,1-10H3,(H-,64,66,70,71)/p+1. The summed E-state index contributed by atoms with van der Waals surface area (Å²) >= 11 is 0. The minimum atomic E-state index is -4.47. The van der Waals surface area contributed by atoms with Gasteiger partial charge >= 0.3 is 19.8 Å². The Balaban J connectivity index is 1.17. The van der Waals surface area contributed by atoms with Gasteiger partial charge in [0.25, 0.3) is 0 Å². The molecule has 14 nitrogen and oxygen atoms in total. The van der Waals surface area contributed by atoms with Gasteiger partial charge in [0, 0.05) is 55.0 Å². The molecule has 0 fully saturated rings. The van der Waals surface area contributed by atoms with Crippen molar-refractivity contribution in [2.45, 2.75) is 209 Å². The van der Waals surface area contributed by atoms with Gasteiger partial charge in [0.1, 0.15) is 25.5 Å². The number of benzene rings is 1. The van der Waals surface area contributed by atoms with Crippen molar-refractivity contribution in [2.75, 3.05) is 54.1 Å². The summed E-state index contributed by atoms with van der Waals surface area (Å²) in [6.07, 6.45) is 26.2. The molecule has 1 aromatic carbocycles. The largest absolute Gasteiger partial charge is 0.494 e. The number of nitrogens with zero attached hydrogens (tertiary/aromatic N) is 3. The number of phosphoric acid groups is 1. The minimum absolute atomic E-state index is 0.00920. The maximum Gasteiger partial charge on any atom is 0.472 e. The van der Waals surface area contributed by atoms with Crippen LogP contribution in [0.2, 0.25) is 0 Å². The quantitative estimate of drug-likeness (QED) is 0.0228. The van der Waals surface area contributed by atoms with Crippen LogP contribution in [-0.4, -0.2) is 104 Å². The first-order chi connectivity index (χ1) is 37.0. The van der Waals surface area contributed by atoms with E-state index >= 15 is 0 Å². The number of fused-ring (bicyclic) bond motifs is 7. The molecule has 15 heteroatoms. The van der Waals surface area contributed by atoms with Crippen molar-refractivity contribution in [3.8, 4) is 5.75 Å². The number of likely N-dealkylation sites (N-methyl/N-ethyl adjacent to an activating group) is 1. The zero-order valence-corrected chi connectivity index (χ0v) is 49.9. The molecular formula is C62H97N5O9P+. The van der Waals surface area contributed by atoms with E-state index in [2.05, 4.69) is 58.4 Å². The van der Waals surface area contributed by atoms with Gasteiger partial charge in [0.15, 0.2) is 6.10 Å². The molecule has 2 atom stereocenters. The fourth-order valence-corrected chi connectivity index (χ4v) is 11.4. The Hall–Kier alpha value is -4.59. The van der Waals surface area contributed by atoms with E-state index in [1.807, 2.05) is 51.8 Å². The van der Waals surface area contributed by atoms with Crippen LogP contribution >= 0.6 is 7.82 Å². The second-order valence-corrected chi connectivity index (χ2v) is 23.7. The number of H-pyrrole nitrogens is 2. The highest BCUT2D eigenvalue weighted by Gasteiger charge is 2.28. The summed E-state index contributed by atoms with van der Waals surface area (Å²) in [6, 6.07) is 5.76. The van der Waals surface area contributed by atoms with Gasteiger partial charge in [-0.15, -0.1) is 0 Å². The number of carbonyl (C=O) groups excluding carboxylic acids is 2. The first-order valence-electron chi connectivity index (χ1n) is 29.4. The van der Waals surface area contributed by atoms with Crippen LogP contribution in [-0.2, 0) is 64.8 Å². The zero-order valence-electron chi connectivity index (χ0n) is 49.0. The topological polar surface area (TPSA) is 174 Å². The molecule has 2 unspecified atom stereocenters. The van der Waals surface area contributed by atoms with Crippen LogP contribution < -0.4 is 4.74 Å². The smallest absolute Gasteiger partial charge is 0.472 e. The summed E-state index contributed by atoms with van der Waals surface area (Å²) in [5.74, 6) is -0.320. The Kier molecular flexibility index (Phi) is 26.7. The third kappa shape index (κ3) is 20.9. The third-order valence-electron chi connectivity index (χ3n) is 15.2. The number of hydrogen-bond acceptors (Lipinski definition) is 10. The number of quaternary nitrogens is 1. The predicted octanol–water partition coefficient (Wildman–Crippen LogP) is 14.7. The monoisotopic (exact) mass is 1090 g/mol. The van der Waals surface area contributed by atoms with Crippen molar-refractivity contribution < 1.29 is 46.8 Å². The first kappa shape index (κ1) is 63.2. The van der Waals surface area contributed by atoms with Gasteiger partial charge in [0.2, 0.25) is 0 Å². The van der Waals surface area contributed by atoms with E-state index < -0.39 is 32.5 Å². The van der Waals surface area contributed by atoms with E-state index in [-0.39, 0.29) is 26.1 Å². The Morgan fingerprint density at radius 2 is 1.26 bits per heavy atom. The lowest BCUT2D eigenvalue weighted by Gasteiger charge is -2.24. The fraction of sp³-hybridized carbons (Fsp3) is 0.645. The Bertz CT molecular complexity index is 2530. The highest BCUT2D eigenvalue weighted by molar-refractivity contribution is 7.47. The lowest BCUT2D eigenvalue weighted by atomic mass is 9.96. The summed E-state index contributed by atoms with van der Waals surface area (Å²) in [4.78, 5) is 54.2. The van der Waals surface area contributed by atoms with Crippen LogP contribution in [0.3, 0.4) is 0 Å². The molecule has 2 aromatic heterocycles. The zero-order chi connectivity index (χ0) is 55.8. The van der Waals surface area contributed by atoms with Gasteiger partial charge in [-0.05, 0) is 116 Å². The number of allylic oxidation sites excluding steroid dienone is 4. The molecule has 0 spiro atoms. The number of aromatic nitrogens is 2. The van der Waals surface area contributed by atoms with Gasteiger partial charge in [0.05, 0.1) is 57.6 Å². The molecule has 3 aromatic rings. The molecule has 0 radical (unpaired) electrons. The van der Waals surface area contributed by atoms with Crippen molar-refractivity contribution >= 4 is 43.6 Å².